The highest BCUT2D eigenvalue weighted by Crippen LogP contribution is 2.40. The maximum absolute atomic E-state index is 12.2. The van der Waals surface area contributed by atoms with Gasteiger partial charge in [-0.05, 0) is 37.2 Å². The molecule has 1 aliphatic rings. The Balaban J connectivity index is 2.19. The third-order valence-electron chi connectivity index (χ3n) is 4.59. The van der Waals surface area contributed by atoms with Crippen molar-refractivity contribution < 1.29 is 14.3 Å². The van der Waals surface area contributed by atoms with E-state index in [1.165, 1.54) is 12.0 Å². The van der Waals surface area contributed by atoms with Crippen molar-refractivity contribution in [3.8, 4) is 0 Å². The molecular formula is C18H27NO3S. The van der Waals surface area contributed by atoms with Gasteiger partial charge in [-0.25, -0.2) is 4.79 Å². The number of thiophene rings is 1. The first-order valence-electron chi connectivity index (χ1n) is 8.63. The monoisotopic (exact) mass is 337 g/mol. The lowest BCUT2D eigenvalue weighted by atomic mass is 9.85. The number of unbranched alkanes of at least 4 members (excludes halogenated alkanes) is 2. The van der Waals surface area contributed by atoms with E-state index < -0.39 is 0 Å². The average molecular weight is 337 g/mol. The van der Waals surface area contributed by atoms with Crippen LogP contribution in [0.1, 0.15) is 73.2 Å². The van der Waals surface area contributed by atoms with Crippen LogP contribution in [0.2, 0.25) is 0 Å². The maximum Gasteiger partial charge on any atom is 0.341 e. The van der Waals surface area contributed by atoms with Crippen LogP contribution in [-0.2, 0) is 22.4 Å². The molecule has 1 aliphatic carbocycles. The normalized spacial score (nSPS) is 16.7. The highest BCUT2D eigenvalue weighted by atomic mass is 32.1. The van der Waals surface area contributed by atoms with Crippen LogP contribution in [0.15, 0.2) is 0 Å². The van der Waals surface area contributed by atoms with Gasteiger partial charge in [0.2, 0.25) is 5.91 Å². The zero-order valence-electron chi connectivity index (χ0n) is 14.4. The van der Waals surface area contributed by atoms with Crippen LogP contribution in [0.5, 0.6) is 0 Å². The number of anilines is 1. The maximum atomic E-state index is 12.2. The summed E-state index contributed by atoms with van der Waals surface area (Å²) in [5, 5.41) is 3.63. The molecule has 0 bridgehead atoms. The van der Waals surface area contributed by atoms with Gasteiger partial charge in [0.1, 0.15) is 5.00 Å². The number of carbonyl (C=O) groups excluding carboxylic acids is 2. The van der Waals surface area contributed by atoms with Crippen LogP contribution in [-0.4, -0.2) is 19.0 Å². The minimum Gasteiger partial charge on any atom is -0.465 e. The smallest absolute Gasteiger partial charge is 0.341 e. The number of amides is 1. The molecule has 0 aromatic carbocycles. The van der Waals surface area contributed by atoms with Crippen molar-refractivity contribution in [3.63, 3.8) is 0 Å². The van der Waals surface area contributed by atoms with E-state index in [-0.39, 0.29) is 11.9 Å². The fourth-order valence-electron chi connectivity index (χ4n) is 3.13. The van der Waals surface area contributed by atoms with Crippen molar-refractivity contribution in [2.75, 3.05) is 12.4 Å². The first-order valence-corrected chi connectivity index (χ1v) is 9.44. The van der Waals surface area contributed by atoms with Gasteiger partial charge < -0.3 is 10.1 Å². The molecule has 4 nitrogen and oxygen atoms in total. The average Bonchev–Trinajstić information content (AvgIpc) is 2.90. The zero-order valence-corrected chi connectivity index (χ0v) is 15.2. The fraction of sp³-hybridized carbons (Fsp3) is 0.667. The van der Waals surface area contributed by atoms with Gasteiger partial charge in [-0.2, -0.15) is 0 Å². The topological polar surface area (TPSA) is 55.4 Å². The Morgan fingerprint density at radius 2 is 2.09 bits per heavy atom. The molecule has 5 heteroatoms. The first-order chi connectivity index (χ1) is 11.1. The third kappa shape index (κ3) is 4.34. The number of carbonyl (C=O) groups is 2. The fourth-order valence-corrected chi connectivity index (χ4v) is 4.50. The van der Waals surface area contributed by atoms with Gasteiger partial charge in [-0.3, -0.25) is 4.79 Å². The summed E-state index contributed by atoms with van der Waals surface area (Å²) in [6.45, 7) is 4.33. The summed E-state index contributed by atoms with van der Waals surface area (Å²) < 4.78 is 4.95. The number of esters is 1. The van der Waals surface area contributed by atoms with E-state index in [0.717, 1.165) is 50.5 Å². The van der Waals surface area contributed by atoms with E-state index in [9.17, 15) is 9.59 Å². The lowest BCUT2D eigenvalue weighted by Gasteiger charge is -2.20. The van der Waals surface area contributed by atoms with Crippen molar-refractivity contribution >= 4 is 28.2 Å². The Morgan fingerprint density at radius 1 is 1.30 bits per heavy atom. The van der Waals surface area contributed by atoms with Crippen LogP contribution in [0.3, 0.4) is 0 Å². The Hall–Kier alpha value is -1.36. The van der Waals surface area contributed by atoms with Gasteiger partial charge in [0.15, 0.2) is 0 Å². The van der Waals surface area contributed by atoms with Gasteiger partial charge in [0.25, 0.3) is 0 Å². The molecule has 2 rings (SSSR count). The largest absolute Gasteiger partial charge is 0.465 e. The van der Waals surface area contributed by atoms with Crippen LogP contribution < -0.4 is 5.32 Å². The van der Waals surface area contributed by atoms with E-state index in [4.69, 9.17) is 4.74 Å². The summed E-state index contributed by atoms with van der Waals surface area (Å²) in [7, 11) is 1.40. The minimum atomic E-state index is -0.332. The molecule has 0 aliphatic heterocycles. The Morgan fingerprint density at radius 3 is 2.74 bits per heavy atom. The summed E-state index contributed by atoms with van der Waals surface area (Å²) >= 11 is 1.56. The molecule has 1 aromatic heterocycles. The van der Waals surface area contributed by atoms with Gasteiger partial charge in [-0.15, -0.1) is 11.3 Å². The quantitative estimate of drug-likeness (QED) is 0.586. The molecule has 1 aromatic rings. The lowest BCUT2D eigenvalue weighted by molar-refractivity contribution is -0.116. The molecule has 1 amide bonds. The second kappa shape index (κ2) is 8.48. The van der Waals surface area contributed by atoms with Gasteiger partial charge >= 0.3 is 5.97 Å². The highest BCUT2D eigenvalue weighted by Gasteiger charge is 2.29. The van der Waals surface area contributed by atoms with E-state index in [2.05, 4.69) is 19.2 Å². The van der Waals surface area contributed by atoms with Crippen molar-refractivity contribution in [1.29, 1.82) is 0 Å². The van der Waals surface area contributed by atoms with Gasteiger partial charge in [0.05, 0.1) is 12.7 Å². The summed E-state index contributed by atoms with van der Waals surface area (Å²) in [4.78, 5) is 25.6. The minimum absolute atomic E-state index is 0.00533. The lowest BCUT2D eigenvalue weighted by Crippen LogP contribution is -2.16. The Kier molecular flexibility index (Phi) is 6.63. The summed E-state index contributed by atoms with van der Waals surface area (Å²) in [5.74, 6) is 0.343. The van der Waals surface area contributed by atoms with Crippen molar-refractivity contribution in [2.24, 2.45) is 5.92 Å². The second-order valence-corrected chi connectivity index (χ2v) is 7.33. The summed E-state index contributed by atoms with van der Waals surface area (Å²) in [6.07, 6.45) is 7.71. The number of hydrogen-bond acceptors (Lipinski definition) is 4. The first kappa shape index (κ1) is 18.0. The molecule has 0 fully saturated rings. The van der Waals surface area contributed by atoms with Crippen molar-refractivity contribution in [3.05, 3.63) is 16.0 Å². The zero-order chi connectivity index (χ0) is 16.8. The van der Waals surface area contributed by atoms with Gasteiger partial charge in [0, 0.05) is 11.3 Å². The molecule has 1 heterocycles. The Bertz CT molecular complexity index is 565. The molecule has 0 radical (unpaired) electrons. The Labute approximate surface area is 142 Å². The van der Waals surface area contributed by atoms with Crippen LogP contribution in [0, 0.1) is 5.92 Å². The molecule has 0 spiro atoms. The number of fused-ring (bicyclic) bond motifs is 1. The van der Waals surface area contributed by atoms with E-state index >= 15 is 0 Å². The molecular weight excluding hydrogens is 310 g/mol. The molecule has 1 atom stereocenters. The molecule has 1 N–H and O–H groups in total. The van der Waals surface area contributed by atoms with Crippen LogP contribution in [0.4, 0.5) is 5.00 Å². The second-order valence-electron chi connectivity index (χ2n) is 6.22. The van der Waals surface area contributed by atoms with E-state index in [1.54, 1.807) is 11.3 Å². The molecule has 128 valence electrons. The number of ether oxygens (including phenoxy) is 1. The number of methoxy groups -OCH3 is 1. The molecule has 23 heavy (non-hydrogen) atoms. The predicted molar refractivity (Wildman–Crippen MR) is 94.2 cm³/mol. The third-order valence-corrected chi connectivity index (χ3v) is 5.76. The molecule has 0 saturated carbocycles. The van der Waals surface area contributed by atoms with Crippen LogP contribution in [0.25, 0.3) is 0 Å². The van der Waals surface area contributed by atoms with E-state index in [1.807, 2.05) is 0 Å². The number of rotatable bonds is 7. The highest BCUT2D eigenvalue weighted by molar-refractivity contribution is 7.17. The van der Waals surface area contributed by atoms with Crippen molar-refractivity contribution in [2.45, 2.75) is 65.2 Å². The number of hydrogen-bond donors (Lipinski definition) is 1. The van der Waals surface area contributed by atoms with Crippen LogP contribution >= 0.6 is 11.3 Å². The molecule has 0 saturated heterocycles. The summed E-state index contributed by atoms with van der Waals surface area (Å²) in [5.41, 5.74) is 1.68. The summed E-state index contributed by atoms with van der Waals surface area (Å²) in [6, 6.07) is 0. The standard InChI is InChI=1S/C18H27NO3S/c1-4-6-7-8-15(20)19-17-16(18(21)22-3)13-10-9-12(5-2)11-14(13)23-17/h12H,4-11H2,1-3H3,(H,19,20). The SMILES string of the molecule is CCCCCC(=O)Nc1sc2c(c1C(=O)OC)CCC(CC)C2. The van der Waals surface area contributed by atoms with E-state index in [0.29, 0.717) is 22.9 Å². The predicted octanol–water partition coefficient (Wildman–Crippen LogP) is 4.57. The number of nitrogens with one attached hydrogen (secondary N) is 1. The van der Waals surface area contributed by atoms with Gasteiger partial charge in [-0.1, -0.05) is 33.1 Å². The van der Waals surface area contributed by atoms with Crippen molar-refractivity contribution in [1.82, 2.24) is 0 Å². The molecule has 1 unspecified atom stereocenters.